The number of carbonyl (C=O) groups is 1. The minimum Gasteiger partial charge on any atom is -0.388 e. The third-order valence-corrected chi connectivity index (χ3v) is 2.37. The number of carbonyl (C=O) groups excluding carboxylic acids is 1. The van der Waals surface area contributed by atoms with Gasteiger partial charge in [0.25, 0.3) is 0 Å². The van der Waals surface area contributed by atoms with Gasteiger partial charge < -0.3 is 16.2 Å². The van der Waals surface area contributed by atoms with E-state index in [2.05, 4.69) is 5.32 Å². The van der Waals surface area contributed by atoms with Gasteiger partial charge in [0, 0.05) is 6.54 Å². The molecule has 0 saturated heterocycles. The predicted molar refractivity (Wildman–Crippen MR) is 61.4 cm³/mol. The SMILES string of the molecule is CCC[C@H](N)C(=O)NCC(C)(O)CCC. The van der Waals surface area contributed by atoms with Crippen LogP contribution in [0.2, 0.25) is 0 Å². The zero-order valence-electron chi connectivity index (χ0n) is 10.0. The van der Waals surface area contributed by atoms with Gasteiger partial charge in [0.1, 0.15) is 0 Å². The van der Waals surface area contributed by atoms with Crippen LogP contribution in [-0.2, 0) is 4.79 Å². The van der Waals surface area contributed by atoms with Crippen molar-refractivity contribution in [2.75, 3.05) is 6.54 Å². The molecule has 0 heterocycles. The van der Waals surface area contributed by atoms with Gasteiger partial charge in [-0.25, -0.2) is 0 Å². The van der Waals surface area contributed by atoms with Crippen molar-refractivity contribution in [3.63, 3.8) is 0 Å². The Morgan fingerprint density at radius 1 is 1.47 bits per heavy atom. The van der Waals surface area contributed by atoms with Crippen molar-refractivity contribution in [2.45, 2.75) is 58.1 Å². The van der Waals surface area contributed by atoms with Gasteiger partial charge in [0.15, 0.2) is 0 Å². The largest absolute Gasteiger partial charge is 0.388 e. The number of nitrogens with one attached hydrogen (secondary N) is 1. The van der Waals surface area contributed by atoms with Gasteiger partial charge >= 0.3 is 0 Å². The van der Waals surface area contributed by atoms with E-state index in [4.69, 9.17) is 5.73 Å². The highest BCUT2D eigenvalue weighted by atomic mass is 16.3. The van der Waals surface area contributed by atoms with Gasteiger partial charge in [-0.1, -0.05) is 26.7 Å². The van der Waals surface area contributed by atoms with Crippen molar-refractivity contribution < 1.29 is 9.90 Å². The fourth-order valence-corrected chi connectivity index (χ4v) is 1.48. The van der Waals surface area contributed by atoms with E-state index in [-0.39, 0.29) is 12.5 Å². The zero-order valence-corrected chi connectivity index (χ0v) is 10.0. The fraction of sp³-hybridized carbons (Fsp3) is 0.909. The van der Waals surface area contributed by atoms with E-state index in [0.29, 0.717) is 12.8 Å². The minimum absolute atomic E-state index is 0.173. The van der Waals surface area contributed by atoms with E-state index in [1.165, 1.54) is 0 Å². The second kappa shape index (κ2) is 6.80. The molecule has 15 heavy (non-hydrogen) atoms. The molecule has 0 aromatic rings. The van der Waals surface area contributed by atoms with E-state index < -0.39 is 11.6 Å². The van der Waals surface area contributed by atoms with Gasteiger partial charge in [-0.3, -0.25) is 4.79 Å². The van der Waals surface area contributed by atoms with Crippen LogP contribution in [0.25, 0.3) is 0 Å². The third-order valence-electron chi connectivity index (χ3n) is 2.37. The van der Waals surface area contributed by atoms with Gasteiger partial charge in [-0.2, -0.15) is 0 Å². The first-order valence-electron chi connectivity index (χ1n) is 5.68. The van der Waals surface area contributed by atoms with E-state index in [1.54, 1.807) is 6.92 Å². The van der Waals surface area contributed by atoms with Crippen LogP contribution in [0.3, 0.4) is 0 Å². The molecule has 0 rings (SSSR count). The Morgan fingerprint density at radius 2 is 2.07 bits per heavy atom. The summed E-state index contributed by atoms with van der Waals surface area (Å²) in [6.45, 7) is 5.98. The van der Waals surface area contributed by atoms with Gasteiger partial charge in [0.2, 0.25) is 5.91 Å². The molecule has 0 aromatic carbocycles. The van der Waals surface area contributed by atoms with Crippen molar-refractivity contribution in [1.82, 2.24) is 5.32 Å². The van der Waals surface area contributed by atoms with Crippen molar-refractivity contribution in [1.29, 1.82) is 0 Å². The molecule has 4 heteroatoms. The molecule has 0 spiro atoms. The van der Waals surface area contributed by atoms with Crippen LogP contribution in [0.15, 0.2) is 0 Å². The summed E-state index contributed by atoms with van der Waals surface area (Å²) < 4.78 is 0. The normalized spacial score (nSPS) is 16.9. The summed E-state index contributed by atoms with van der Waals surface area (Å²) in [4.78, 5) is 11.4. The summed E-state index contributed by atoms with van der Waals surface area (Å²) in [5, 5.41) is 12.5. The molecule has 0 bridgehead atoms. The molecule has 2 atom stereocenters. The van der Waals surface area contributed by atoms with Crippen LogP contribution in [0.4, 0.5) is 0 Å². The molecule has 4 N–H and O–H groups in total. The van der Waals surface area contributed by atoms with Crippen LogP contribution < -0.4 is 11.1 Å². The summed E-state index contributed by atoms with van der Waals surface area (Å²) in [6, 6.07) is -0.451. The summed E-state index contributed by atoms with van der Waals surface area (Å²) in [5.41, 5.74) is 4.81. The van der Waals surface area contributed by atoms with E-state index in [9.17, 15) is 9.90 Å². The number of rotatable bonds is 7. The maximum Gasteiger partial charge on any atom is 0.237 e. The zero-order chi connectivity index (χ0) is 11.9. The average molecular weight is 216 g/mol. The molecule has 90 valence electrons. The van der Waals surface area contributed by atoms with E-state index in [0.717, 1.165) is 12.8 Å². The standard InChI is InChI=1S/C11H24N2O2/c1-4-6-9(12)10(14)13-8-11(3,15)7-5-2/h9,15H,4-8,12H2,1-3H3,(H,13,14)/t9-,11?/m0/s1. The Hall–Kier alpha value is -0.610. The molecule has 0 fully saturated rings. The topological polar surface area (TPSA) is 75.4 Å². The van der Waals surface area contributed by atoms with Crippen molar-refractivity contribution in [3.8, 4) is 0 Å². The molecule has 4 nitrogen and oxygen atoms in total. The first kappa shape index (κ1) is 14.4. The number of aliphatic hydroxyl groups is 1. The predicted octanol–water partition coefficient (Wildman–Crippen LogP) is 0.781. The third kappa shape index (κ3) is 6.47. The summed E-state index contributed by atoms with van der Waals surface area (Å²) in [7, 11) is 0. The molecular formula is C11H24N2O2. The van der Waals surface area contributed by atoms with Crippen LogP contribution in [0, 0.1) is 0 Å². The lowest BCUT2D eigenvalue weighted by atomic mass is 10.0. The maximum atomic E-state index is 11.4. The van der Waals surface area contributed by atoms with Gasteiger partial charge in [-0.15, -0.1) is 0 Å². The monoisotopic (exact) mass is 216 g/mol. The summed E-state index contributed by atoms with van der Waals surface area (Å²) >= 11 is 0. The van der Waals surface area contributed by atoms with Crippen LogP contribution in [-0.4, -0.2) is 29.2 Å². The van der Waals surface area contributed by atoms with Gasteiger partial charge in [0.05, 0.1) is 11.6 Å². The molecular weight excluding hydrogens is 192 g/mol. The van der Waals surface area contributed by atoms with Crippen LogP contribution in [0.1, 0.15) is 46.5 Å². The number of amides is 1. The number of hydrogen-bond donors (Lipinski definition) is 3. The van der Waals surface area contributed by atoms with E-state index >= 15 is 0 Å². The lowest BCUT2D eigenvalue weighted by molar-refractivity contribution is -0.123. The van der Waals surface area contributed by atoms with Crippen LogP contribution in [0.5, 0.6) is 0 Å². The Bertz CT molecular complexity index is 193. The smallest absolute Gasteiger partial charge is 0.237 e. The van der Waals surface area contributed by atoms with Crippen LogP contribution >= 0.6 is 0 Å². The molecule has 0 aliphatic carbocycles. The highest BCUT2D eigenvalue weighted by Crippen LogP contribution is 2.09. The quantitative estimate of drug-likeness (QED) is 0.588. The average Bonchev–Trinajstić information content (AvgIpc) is 2.14. The first-order chi connectivity index (χ1) is 6.93. The Labute approximate surface area is 92.2 Å². The Kier molecular flexibility index (Phi) is 6.52. The van der Waals surface area contributed by atoms with Crippen molar-refractivity contribution in [2.24, 2.45) is 5.73 Å². The minimum atomic E-state index is -0.823. The molecule has 0 radical (unpaired) electrons. The second-order valence-corrected chi connectivity index (χ2v) is 4.36. The molecule has 0 aromatic heterocycles. The Balaban J connectivity index is 3.88. The highest BCUT2D eigenvalue weighted by molar-refractivity contribution is 5.81. The lowest BCUT2D eigenvalue weighted by Gasteiger charge is -2.23. The second-order valence-electron chi connectivity index (χ2n) is 4.36. The number of nitrogens with two attached hydrogens (primary N) is 1. The maximum absolute atomic E-state index is 11.4. The fourth-order valence-electron chi connectivity index (χ4n) is 1.48. The molecule has 0 saturated carbocycles. The van der Waals surface area contributed by atoms with Crippen molar-refractivity contribution in [3.05, 3.63) is 0 Å². The first-order valence-corrected chi connectivity index (χ1v) is 5.68. The molecule has 0 aliphatic rings. The highest BCUT2D eigenvalue weighted by Gasteiger charge is 2.21. The van der Waals surface area contributed by atoms with Gasteiger partial charge in [-0.05, 0) is 19.8 Å². The number of hydrogen-bond acceptors (Lipinski definition) is 3. The molecule has 1 unspecified atom stereocenters. The molecule has 0 aliphatic heterocycles. The molecule has 1 amide bonds. The van der Waals surface area contributed by atoms with E-state index in [1.807, 2.05) is 13.8 Å². The lowest BCUT2D eigenvalue weighted by Crippen LogP contribution is -2.47. The Morgan fingerprint density at radius 3 is 2.53 bits per heavy atom. The summed E-state index contributed by atoms with van der Waals surface area (Å²) in [5.74, 6) is -0.173. The van der Waals surface area contributed by atoms with Crippen molar-refractivity contribution >= 4 is 5.91 Å². The summed E-state index contributed by atoms with van der Waals surface area (Å²) in [6.07, 6.45) is 3.14.